The molecule has 1 saturated carbocycles. The van der Waals surface area contributed by atoms with Crippen LogP contribution < -0.4 is 4.74 Å². The smallest absolute Gasteiger partial charge is 0.273 e. The highest BCUT2D eigenvalue weighted by Crippen LogP contribution is 2.47. The van der Waals surface area contributed by atoms with Gasteiger partial charge in [-0.05, 0) is 63.6 Å². The lowest BCUT2D eigenvalue weighted by Crippen LogP contribution is -2.48. The summed E-state index contributed by atoms with van der Waals surface area (Å²) in [5.41, 5.74) is 3.56. The summed E-state index contributed by atoms with van der Waals surface area (Å²) in [6.07, 6.45) is 7.09. The van der Waals surface area contributed by atoms with E-state index in [0.717, 1.165) is 30.0 Å². The molecule has 32 heavy (non-hydrogen) atoms. The molecule has 8 nitrogen and oxygen atoms in total. The summed E-state index contributed by atoms with van der Waals surface area (Å²) in [4.78, 5) is 37.8. The second-order valence-corrected chi connectivity index (χ2v) is 8.71. The Hall–Kier alpha value is -3.42. The fraction of sp³-hybridized carbons (Fsp3) is 0.417. The first-order valence-corrected chi connectivity index (χ1v) is 11.0. The first-order chi connectivity index (χ1) is 15.5. The summed E-state index contributed by atoms with van der Waals surface area (Å²) in [6.45, 7) is 6.83. The second-order valence-electron chi connectivity index (χ2n) is 8.71. The summed E-state index contributed by atoms with van der Waals surface area (Å²) in [7, 11) is 0. The molecule has 0 N–H and O–H groups in total. The van der Waals surface area contributed by atoms with E-state index in [2.05, 4.69) is 24.9 Å². The number of hydrogen-bond acceptors (Lipinski definition) is 7. The molecule has 3 aromatic heterocycles. The zero-order valence-corrected chi connectivity index (χ0v) is 18.5. The number of likely N-dealkylation sites (tertiary alicyclic amines) is 1. The number of hydrogen-bond donors (Lipinski definition) is 0. The lowest BCUT2D eigenvalue weighted by atomic mass is 10.0. The maximum absolute atomic E-state index is 13.8. The largest absolute Gasteiger partial charge is 0.474 e. The minimum Gasteiger partial charge on any atom is -0.474 e. The molecule has 1 aliphatic carbocycles. The van der Waals surface area contributed by atoms with Gasteiger partial charge in [0.2, 0.25) is 5.88 Å². The molecule has 0 radical (unpaired) electrons. The van der Waals surface area contributed by atoms with Crippen LogP contribution in [0.25, 0.3) is 11.4 Å². The summed E-state index contributed by atoms with van der Waals surface area (Å²) < 4.78 is 5.99. The van der Waals surface area contributed by atoms with Crippen molar-refractivity contribution in [3.05, 3.63) is 59.6 Å². The van der Waals surface area contributed by atoms with Crippen LogP contribution in [0.15, 0.2) is 36.8 Å². The van der Waals surface area contributed by atoms with Crippen molar-refractivity contribution in [3.8, 4) is 17.3 Å². The van der Waals surface area contributed by atoms with Gasteiger partial charge in [0.05, 0.1) is 29.2 Å². The van der Waals surface area contributed by atoms with Crippen molar-refractivity contribution in [1.29, 1.82) is 0 Å². The fourth-order valence-electron chi connectivity index (χ4n) is 4.35. The topological polar surface area (TPSA) is 94.0 Å². The van der Waals surface area contributed by atoms with Crippen LogP contribution in [0.4, 0.5) is 0 Å². The van der Waals surface area contributed by atoms with E-state index >= 15 is 0 Å². The third kappa shape index (κ3) is 4.04. The van der Waals surface area contributed by atoms with E-state index in [1.165, 1.54) is 6.42 Å². The molecule has 0 spiro atoms. The Morgan fingerprint density at radius 1 is 1.03 bits per heavy atom. The summed E-state index contributed by atoms with van der Waals surface area (Å²) in [5, 5.41) is 0. The molecule has 0 bridgehead atoms. The van der Waals surface area contributed by atoms with Crippen LogP contribution in [-0.2, 0) is 0 Å². The fourth-order valence-corrected chi connectivity index (χ4v) is 4.35. The van der Waals surface area contributed by atoms with Gasteiger partial charge >= 0.3 is 0 Å². The van der Waals surface area contributed by atoms with Crippen LogP contribution >= 0.6 is 0 Å². The Bertz CT molecular complexity index is 1150. The molecule has 164 valence electrons. The van der Waals surface area contributed by atoms with Crippen LogP contribution in [0.3, 0.4) is 0 Å². The lowest BCUT2D eigenvalue weighted by molar-refractivity contribution is 0.0502. The highest BCUT2D eigenvalue weighted by Gasteiger charge is 2.47. The minimum absolute atomic E-state index is 0.0403. The summed E-state index contributed by atoms with van der Waals surface area (Å²) >= 11 is 0. The van der Waals surface area contributed by atoms with Gasteiger partial charge in [0.25, 0.3) is 5.91 Å². The number of carbonyl (C=O) groups is 1. The molecule has 2 fully saturated rings. The second kappa shape index (κ2) is 8.26. The lowest BCUT2D eigenvalue weighted by Gasteiger charge is -2.35. The molecule has 3 aromatic rings. The summed E-state index contributed by atoms with van der Waals surface area (Å²) in [6, 6.07) is 5.48. The predicted octanol–water partition coefficient (Wildman–Crippen LogP) is 3.18. The average molecular weight is 431 g/mol. The van der Waals surface area contributed by atoms with Crippen LogP contribution in [0, 0.1) is 32.6 Å². The average Bonchev–Trinajstić information content (AvgIpc) is 3.57. The van der Waals surface area contributed by atoms with Crippen molar-refractivity contribution in [2.45, 2.75) is 39.7 Å². The highest BCUT2D eigenvalue weighted by atomic mass is 16.5. The number of piperidine rings is 1. The van der Waals surface area contributed by atoms with Crippen LogP contribution in [-0.4, -0.2) is 54.9 Å². The van der Waals surface area contributed by atoms with E-state index in [1.807, 2.05) is 37.8 Å². The molecule has 1 unspecified atom stereocenters. The molecule has 1 saturated heterocycles. The Kier molecular flexibility index (Phi) is 5.28. The van der Waals surface area contributed by atoms with Crippen molar-refractivity contribution < 1.29 is 9.53 Å². The van der Waals surface area contributed by atoms with Gasteiger partial charge in [-0.25, -0.2) is 19.9 Å². The first kappa shape index (κ1) is 20.5. The molecule has 5 rings (SSSR count). The van der Waals surface area contributed by atoms with Crippen molar-refractivity contribution in [2.24, 2.45) is 11.8 Å². The molecule has 2 aliphatic rings. The molecule has 8 heteroatoms. The van der Waals surface area contributed by atoms with Gasteiger partial charge in [0.15, 0.2) is 5.82 Å². The Balaban J connectivity index is 1.41. The number of pyridine rings is 1. The molecule has 1 aliphatic heterocycles. The zero-order chi connectivity index (χ0) is 22.2. The van der Waals surface area contributed by atoms with Crippen molar-refractivity contribution >= 4 is 5.91 Å². The van der Waals surface area contributed by atoms with E-state index in [-0.39, 0.29) is 11.9 Å². The SMILES string of the molecule is Cc1ccc(-c2ncccn2)c(C(=O)N2CC3C[C@@H]3C[C@H]2COc2cnc(C)c(C)n2)n1. The van der Waals surface area contributed by atoms with E-state index in [1.54, 1.807) is 24.7 Å². The van der Waals surface area contributed by atoms with Crippen molar-refractivity contribution in [1.82, 2.24) is 29.8 Å². The van der Waals surface area contributed by atoms with E-state index in [0.29, 0.717) is 41.4 Å². The van der Waals surface area contributed by atoms with Gasteiger partial charge in [0.1, 0.15) is 12.3 Å². The van der Waals surface area contributed by atoms with Crippen molar-refractivity contribution in [2.75, 3.05) is 13.2 Å². The first-order valence-electron chi connectivity index (χ1n) is 11.0. The number of aromatic nitrogens is 5. The molecule has 4 heterocycles. The van der Waals surface area contributed by atoms with Gasteiger partial charge in [0, 0.05) is 24.6 Å². The summed E-state index contributed by atoms with van der Waals surface area (Å²) in [5.74, 6) is 2.13. The molecule has 1 amide bonds. The highest BCUT2D eigenvalue weighted by molar-refractivity contribution is 5.98. The molecule has 3 atom stereocenters. The Labute approximate surface area is 187 Å². The maximum atomic E-state index is 13.8. The van der Waals surface area contributed by atoms with Crippen LogP contribution in [0.5, 0.6) is 5.88 Å². The van der Waals surface area contributed by atoms with Gasteiger partial charge < -0.3 is 9.64 Å². The predicted molar refractivity (Wildman–Crippen MR) is 118 cm³/mol. The van der Waals surface area contributed by atoms with Gasteiger partial charge in [-0.1, -0.05) is 0 Å². The number of ether oxygens (including phenoxy) is 1. The quantitative estimate of drug-likeness (QED) is 0.614. The molecular formula is C24H26N6O2. The number of nitrogens with zero attached hydrogens (tertiary/aromatic N) is 6. The third-order valence-electron chi connectivity index (χ3n) is 6.41. The monoisotopic (exact) mass is 430 g/mol. The number of carbonyl (C=O) groups excluding carboxylic acids is 1. The number of fused-ring (bicyclic) bond motifs is 1. The zero-order valence-electron chi connectivity index (χ0n) is 18.5. The normalized spacial score (nSPS) is 21.7. The standard InChI is InChI=1S/C24H26N6O2/c1-14-5-6-20(23-25-7-4-8-26-23)22(28-14)24(31)30-12-18-9-17(18)10-19(30)13-32-21-11-27-15(2)16(3)29-21/h4-8,11,17-19H,9-10,12-13H2,1-3H3/t17-,18?,19+/m1/s1. The maximum Gasteiger partial charge on any atom is 0.273 e. The van der Waals surface area contributed by atoms with Gasteiger partial charge in [-0.15, -0.1) is 0 Å². The third-order valence-corrected chi connectivity index (χ3v) is 6.41. The van der Waals surface area contributed by atoms with E-state index in [4.69, 9.17) is 4.74 Å². The minimum atomic E-state index is -0.0960. The van der Waals surface area contributed by atoms with Crippen molar-refractivity contribution in [3.63, 3.8) is 0 Å². The molecular weight excluding hydrogens is 404 g/mol. The van der Waals surface area contributed by atoms with Crippen LogP contribution in [0.2, 0.25) is 0 Å². The number of rotatable bonds is 5. The van der Waals surface area contributed by atoms with E-state index < -0.39 is 0 Å². The Morgan fingerprint density at radius 2 is 1.84 bits per heavy atom. The number of amides is 1. The Morgan fingerprint density at radius 3 is 2.62 bits per heavy atom. The van der Waals surface area contributed by atoms with E-state index in [9.17, 15) is 4.79 Å². The van der Waals surface area contributed by atoms with Gasteiger partial charge in [-0.2, -0.15) is 0 Å². The number of aryl methyl sites for hydroxylation is 3. The van der Waals surface area contributed by atoms with Crippen LogP contribution in [0.1, 0.15) is 40.4 Å². The van der Waals surface area contributed by atoms with Gasteiger partial charge in [-0.3, -0.25) is 9.78 Å². The molecule has 0 aromatic carbocycles.